The molecule has 0 fully saturated rings. The molecule has 2 nitrogen and oxygen atoms in total. The fourth-order valence-electron chi connectivity index (χ4n) is 5.74. The molecule has 5 rings (SSSR count). The number of rotatable bonds is 10. The van der Waals surface area contributed by atoms with Crippen LogP contribution in [0.5, 0.6) is 0 Å². The lowest BCUT2D eigenvalue weighted by molar-refractivity contribution is -0.143. The first kappa shape index (κ1) is 37.1. The van der Waals surface area contributed by atoms with Crippen molar-refractivity contribution < 1.29 is 43.3 Å². The van der Waals surface area contributed by atoms with E-state index in [0.717, 1.165) is 17.3 Å². The Labute approximate surface area is 292 Å². The summed E-state index contributed by atoms with van der Waals surface area (Å²) in [4.78, 5) is 0. The van der Waals surface area contributed by atoms with Crippen LogP contribution in [0.25, 0.3) is 0 Å². The van der Waals surface area contributed by atoms with Gasteiger partial charge in [-0.2, -0.15) is 26.3 Å². The third-order valence-corrected chi connectivity index (χ3v) is 12.6. The SMILES string of the molecule is FC(F)(F)c1cc(NC(=S)N[C@@H](Cc2ccccc2)C[P+](Cc2ccccc2)(c2ccccc2)c2ccccc2)cc(C(F)(F)F)c1.[Br-]. The predicted molar refractivity (Wildman–Crippen MR) is 184 cm³/mol. The van der Waals surface area contributed by atoms with Gasteiger partial charge in [0.2, 0.25) is 0 Å². The quantitative estimate of drug-likeness (QED) is 0.0968. The lowest BCUT2D eigenvalue weighted by atomic mass is 10.1. The first-order chi connectivity index (χ1) is 22.4. The van der Waals surface area contributed by atoms with Crippen LogP contribution in [0.4, 0.5) is 32.0 Å². The normalized spacial score (nSPS) is 12.5. The van der Waals surface area contributed by atoms with Crippen LogP contribution < -0.4 is 38.2 Å². The average molecular weight is 762 g/mol. The molecule has 0 saturated heterocycles. The summed E-state index contributed by atoms with van der Waals surface area (Å²) >= 11 is 5.58. The zero-order chi connectivity index (χ0) is 33.5. The smallest absolute Gasteiger partial charge is 0.416 e. The Morgan fingerprint density at radius 2 is 1.02 bits per heavy atom. The Morgan fingerprint density at radius 3 is 1.46 bits per heavy atom. The van der Waals surface area contributed by atoms with Crippen molar-refractivity contribution >= 4 is 40.9 Å². The Hall–Kier alpha value is -3.72. The minimum absolute atomic E-state index is 0. The Bertz CT molecular complexity index is 1680. The molecule has 0 amide bonds. The average Bonchev–Trinajstić information content (AvgIpc) is 3.05. The third-order valence-electron chi connectivity index (χ3n) is 7.83. The van der Waals surface area contributed by atoms with Gasteiger partial charge < -0.3 is 27.6 Å². The predicted octanol–water partition coefficient (Wildman–Crippen LogP) is 6.49. The van der Waals surface area contributed by atoms with Gasteiger partial charge in [0.15, 0.2) is 5.11 Å². The van der Waals surface area contributed by atoms with E-state index in [1.807, 2.05) is 84.9 Å². The lowest BCUT2D eigenvalue weighted by Crippen LogP contribution is -3.00. The molecule has 0 spiro atoms. The molecule has 5 aromatic carbocycles. The maximum Gasteiger partial charge on any atom is 0.416 e. The standard InChI is InChI=1S/C37H31F6N2PS.BrH/c38-36(39,40)29-22-30(37(41,42)43)24-31(23-29)44-35(47)45-32(21-27-13-5-1-6-14-27)26-46(33-17-9-3-10-18-33,34-19-11-4-12-20-34)25-28-15-7-2-8-16-28;/h1-20,22-24,32H,21,25-26H2,(H-,44,45,47);1H/t32-;/m0./s1. The number of hydrogen-bond acceptors (Lipinski definition) is 1. The van der Waals surface area contributed by atoms with Crippen LogP contribution >= 0.6 is 19.5 Å². The van der Waals surface area contributed by atoms with E-state index in [9.17, 15) is 26.3 Å². The number of anilines is 1. The van der Waals surface area contributed by atoms with Crippen LogP contribution in [0, 0.1) is 0 Å². The van der Waals surface area contributed by atoms with Crippen LogP contribution in [0.3, 0.4) is 0 Å². The van der Waals surface area contributed by atoms with E-state index >= 15 is 0 Å². The van der Waals surface area contributed by atoms with Gasteiger partial charge >= 0.3 is 12.4 Å². The highest BCUT2D eigenvalue weighted by molar-refractivity contribution is 7.88. The monoisotopic (exact) mass is 760 g/mol. The highest BCUT2D eigenvalue weighted by atomic mass is 79.9. The molecule has 5 aromatic rings. The number of alkyl halides is 6. The highest BCUT2D eigenvalue weighted by Crippen LogP contribution is 2.59. The summed E-state index contributed by atoms with van der Waals surface area (Å²) < 4.78 is 81.4. The number of halogens is 7. The highest BCUT2D eigenvalue weighted by Gasteiger charge is 2.45. The van der Waals surface area contributed by atoms with Crippen molar-refractivity contribution in [2.24, 2.45) is 0 Å². The molecule has 0 radical (unpaired) electrons. The Kier molecular flexibility index (Phi) is 12.5. The van der Waals surface area contributed by atoms with E-state index in [2.05, 4.69) is 47.0 Å². The van der Waals surface area contributed by atoms with E-state index in [4.69, 9.17) is 12.2 Å². The Morgan fingerprint density at radius 1 is 0.604 bits per heavy atom. The molecule has 0 aromatic heterocycles. The van der Waals surface area contributed by atoms with Gasteiger partial charge in [0, 0.05) is 5.69 Å². The van der Waals surface area contributed by atoms with E-state index in [-0.39, 0.29) is 34.2 Å². The molecule has 1 atom stereocenters. The molecule has 11 heteroatoms. The molecule has 2 N–H and O–H groups in total. The summed E-state index contributed by atoms with van der Waals surface area (Å²) in [6.45, 7) is 0. The first-order valence-corrected chi connectivity index (χ1v) is 17.4. The van der Waals surface area contributed by atoms with Gasteiger partial charge in [0.05, 0.1) is 47.4 Å². The number of benzene rings is 5. The van der Waals surface area contributed by atoms with Crippen molar-refractivity contribution in [3.8, 4) is 0 Å². The third kappa shape index (κ3) is 9.68. The largest absolute Gasteiger partial charge is 1.00 e. The van der Waals surface area contributed by atoms with E-state index in [1.54, 1.807) is 0 Å². The fourth-order valence-corrected chi connectivity index (χ4v) is 10.5. The van der Waals surface area contributed by atoms with E-state index < -0.39 is 36.4 Å². The number of hydrogen-bond donors (Lipinski definition) is 2. The summed E-state index contributed by atoms with van der Waals surface area (Å²) in [5.41, 5.74) is -1.08. The van der Waals surface area contributed by atoms with Crippen molar-refractivity contribution in [3.05, 3.63) is 162 Å². The van der Waals surface area contributed by atoms with Gasteiger partial charge in [0.25, 0.3) is 0 Å². The fraction of sp³-hybridized carbons (Fsp3) is 0.162. The molecule has 0 aliphatic heterocycles. The van der Waals surface area contributed by atoms with Crippen molar-refractivity contribution in [3.63, 3.8) is 0 Å². The van der Waals surface area contributed by atoms with Gasteiger partial charge in [-0.15, -0.1) is 0 Å². The number of thiocarbonyl (C=S) groups is 1. The van der Waals surface area contributed by atoms with E-state index in [1.165, 1.54) is 10.6 Å². The second kappa shape index (κ2) is 16.1. The van der Waals surface area contributed by atoms with Gasteiger partial charge in [-0.3, -0.25) is 0 Å². The van der Waals surface area contributed by atoms with Crippen molar-refractivity contribution in [2.75, 3.05) is 11.5 Å². The van der Waals surface area contributed by atoms with Crippen LogP contribution in [0.1, 0.15) is 22.3 Å². The van der Waals surface area contributed by atoms with Crippen molar-refractivity contribution in [2.45, 2.75) is 31.0 Å². The molecule has 0 unspecified atom stereocenters. The van der Waals surface area contributed by atoms with Gasteiger partial charge in [-0.05, 0) is 72.2 Å². The van der Waals surface area contributed by atoms with Crippen molar-refractivity contribution in [1.29, 1.82) is 0 Å². The molecule has 48 heavy (non-hydrogen) atoms. The summed E-state index contributed by atoms with van der Waals surface area (Å²) in [7, 11) is -2.26. The summed E-state index contributed by atoms with van der Waals surface area (Å²) in [6, 6.07) is 41.4. The maximum absolute atomic E-state index is 13.6. The second-order valence-corrected chi connectivity index (χ2v) is 15.3. The minimum Gasteiger partial charge on any atom is -1.00 e. The van der Waals surface area contributed by atoms with Gasteiger partial charge in [-0.1, -0.05) is 97.1 Å². The van der Waals surface area contributed by atoms with Crippen LogP contribution in [0.2, 0.25) is 0 Å². The number of nitrogens with one attached hydrogen (secondary N) is 2. The Balaban J connectivity index is 0.00000520. The summed E-state index contributed by atoms with van der Waals surface area (Å²) in [6.07, 6.45) is -8.11. The van der Waals surface area contributed by atoms with Gasteiger partial charge in [0.1, 0.15) is 0 Å². The van der Waals surface area contributed by atoms with Crippen molar-refractivity contribution in [1.82, 2.24) is 5.32 Å². The van der Waals surface area contributed by atoms with E-state index in [0.29, 0.717) is 24.7 Å². The maximum atomic E-state index is 13.6. The van der Waals surface area contributed by atoms with Crippen LogP contribution in [-0.4, -0.2) is 17.3 Å². The van der Waals surface area contributed by atoms with Crippen LogP contribution in [0.15, 0.2) is 140 Å². The molecule has 0 bridgehead atoms. The summed E-state index contributed by atoms with van der Waals surface area (Å²) in [5, 5.41) is 8.19. The second-order valence-electron chi connectivity index (χ2n) is 11.2. The summed E-state index contributed by atoms with van der Waals surface area (Å²) in [5.74, 6) is 0. The molecule has 0 aliphatic carbocycles. The lowest BCUT2D eigenvalue weighted by Gasteiger charge is -2.32. The minimum atomic E-state index is -4.98. The first-order valence-electron chi connectivity index (χ1n) is 14.9. The molecular weight excluding hydrogens is 729 g/mol. The molecule has 250 valence electrons. The zero-order valence-electron chi connectivity index (χ0n) is 25.5. The van der Waals surface area contributed by atoms with Crippen LogP contribution in [-0.2, 0) is 24.9 Å². The topological polar surface area (TPSA) is 24.1 Å². The zero-order valence-corrected chi connectivity index (χ0v) is 28.8. The van der Waals surface area contributed by atoms with Gasteiger partial charge in [-0.25, -0.2) is 0 Å². The molecular formula is C37H32BrF6N2PS. The molecule has 0 heterocycles. The molecule has 0 saturated carbocycles. The molecule has 0 aliphatic rings.